The normalized spacial score (nSPS) is 10.5. The quantitative estimate of drug-likeness (QED) is 0.903. The Morgan fingerprint density at radius 2 is 1.74 bits per heavy atom. The van der Waals surface area contributed by atoms with Crippen molar-refractivity contribution in [1.82, 2.24) is 9.97 Å². The van der Waals surface area contributed by atoms with Crippen molar-refractivity contribution in [3.63, 3.8) is 0 Å². The Hall–Kier alpha value is -1.55. The van der Waals surface area contributed by atoms with E-state index in [0.717, 1.165) is 23.0 Å². The van der Waals surface area contributed by atoms with Crippen molar-refractivity contribution in [2.24, 2.45) is 0 Å². The lowest BCUT2D eigenvalue weighted by atomic mass is 10.1. The lowest BCUT2D eigenvalue weighted by Gasteiger charge is -2.05. The first kappa shape index (κ1) is 13.9. The van der Waals surface area contributed by atoms with Gasteiger partial charge in [0, 0.05) is 18.6 Å². The van der Waals surface area contributed by atoms with E-state index >= 15 is 0 Å². The fraction of sp³-hybridized carbons (Fsp3) is 0.333. The molecule has 2 rings (SSSR count). The molecule has 0 bridgehead atoms. The van der Waals surface area contributed by atoms with Crippen LogP contribution in [0, 0.1) is 13.8 Å². The van der Waals surface area contributed by atoms with Gasteiger partial charge in [0.1, 0.15) is 5.82 Å². The summed E-state index contributed by atoms with van der Waals surface area (Å²) in [4.78, 5) is 8.63. The number of rotatable bonds is 5. The SMILES string of the molecule is CNc1cnc(CSCc2cc(C)cc(C)c2)cn1. The Bertz CT molecular complexity index is 517. The third-order valence-electron chi connectivity index (χ3n) is 2.76. The Labute approximate surface area is 118 Å². The lowest BCUT2D eigenvalue weighted by Crippen LogP contribution is -1.95. The number of benzene rings is 1. The van der Waals surface area contributed by atoms with Crippen molar-refractivity contribution in [3.05, 3.63) is 53.0 Å². The van der Waals surface area contributed by atoms with E-state index in [1.807, 2.05) is 25.0 Å². The summed E-state index contributed by atoms with van der Waals surface area (Å²) < 4.78 is 0. The second-order valence-corrected chi connectivity index (χ2v) is 5.62. The van der Waals surface area contributed by atoms with Gasteiger partial charge in [-0.15, -0.1) is 0 Å². The van der Waals surface area contributed by atoms with E-state index in [1.165, 1.54) is 16.7 Å². The third kappa shape index (κ3) is 4.24. The summed E-state index contributed by atoms with van der Waals surface area (Å²) in [6.45, 7) is 4.28. The van der Waals surface area contributed by atoms with E-state index in [2.05, 4.69) is 47.3 Å². The Balaban J connectivity index is 1.88. The van der Waals surface area contributed by atoms with Gasteiger partial charge in [-0.1, -0.05) is 29.3 Å². The number of hydrogen-bond donors (Lipinski definition) is 1. The summed E-state index contributed by atoms with van der Waals surface area (Å²) in [7, 11) is 1.85. The van der Waals surface area contributed by atoms with Crippen molar-refractivity contribution < 1.29 is 0 Å². The smallest absolute Gasteiger partial charge is 0.144 e. The van der Waals surface area contributed by atoms with Gasteiger partial charge in [-0.2, -0.15) is 11.8 Å². The molecule has 1 aromatic carbocycles. The Morgan fingerprint density at radius 3 is 2.32 bits per heavy atom. The van der Waals surface area contributed by atoms with Crippen LogP contribution in [0.15, 0.2) is 30.6 Å². The Morgan fingerprint density at radius 1 is 1.00 bits per heavy atom. The molecule has 4 heteroatoms. The summed E-state index contributed by atoms with van der Waals surface area (Å²) in [5, 5.41) is 2.97. The maximum Gasteiger partial charge on any atom is 0.144 e. The molecule has 1 heterocycles. The molecule has 2 aromatic rings. The van der Waals surface area contributed by atoms with Crippen LogP contribution in [0.1, 0.15) is 22.4 Å². The van der Waals surface area contributed by atoms with Gasteiger partial charge in [-0.05, 0) is 19.4 Å². The Kier molecular flexibility index (Phi) is 4.80. The fourth-order valence-corrected chi connectivity index (χ4v) is 2.85. The first-order chi connectivity index (χ1) is 9.17. The van der Waals surface area contributed by atoms with Gasteiger partial charge in [-0.3, -0.25) is 4.98 Å². The molecule has 0 unspecified atom stereocenters. The number of aromatic nitrogens is 2. The largest absolute Gasteiger partial charge is 0.372 e. The van der Waals surface area contributed by atoms with Crippen molar-refractivity contribution in [3.8, 4) is 0 Å². The molecule has 0 saturated carbocycles. The molecular weight excluding hydrogens is 254 g/mol. The number of aryl methyl sites for hydroxylation is 2. The standard InChI is InChI=1S/C15H19N3S/c1-11-4-12(2)6-13(5-11)9-19-10-14-7-18-15(16-3)8-17-14/h4-8H,9-10H2,1-3H3,(H,16,18). The molecule has 1 N–H and O–H groups in total. The highest BCUT2D eigenvalue weighted by atomic mass is 32.2. The van der Waals surface area contributed by atoms with Gasteiger partial charge in [-0.25, -0.2) is 4.98 Å². The zero-order chi connectivity index (χ0) is 13.7. The maximum absolute atomic E-state index is 4.37. The summed E-state index contributed by atoms with van der Waals surface area (Å²) in [5.74, 6) is 2.71. The van der Waals surface area contributed by atoms with Crippen LogP contribution in [-0.2, 0) is 11.5 Å². The van der Waals surface area contributed by atoms with Gasteiger partial charge in [0.05, 0.1) is 18.1 Å². The molecule has 3 nitrogen and oxygen atoms in total. The van der Waals surface area contributed by atoms with Crippen molar-refractivity contribution in [1.29, 1.82) is 0 Å². The summed E-state index contributed by atoms with van der Waals surface area (Å²) in [6, 6.07) is 6.70. The van der Waals surface area contributed by atoms with Gasteiger partial charge >= 0.3 is 0 Å². The summed E-state index contributed by atoms with van der Waals surface area (Å²) >= 11 is 1.87. The van der Waals surface area contributed by atoms with Gasteiger partial charge in [0.15, 0.2) is 0 Å². The zero-order valence-corrected chi connectivity index (χ0v) is 12.4. The molecule has 0 fully saturated rings. The lowest BCUT2D eigenvalue weighted by molar-refractivity contribution is 1.10. The van der Waals surface area contributed by atoms with E-state index in [4.69, 9.17) is 0 Å². The monoisotopic (exact) mass is 273 g/mol. The van der Waals surface area contributed by atoms with Gasteiger partial charge in [0.25, 0.3) is 0 Å². The number of nitrogens with one attached hydrogen (secondary N) is 1. The zero-order valence-electron chi connectivity index (χ0n) is 11.6. The number of nitrogens with zero attached hydrogens (tertiary/aromatic N) is 2. The minimum atomic E-state index is 0.808. The molecule has 100 valence electrons. The van der Waals surface area contributed by atoms with E-state index in [-0.39, 0.29) is 0 Å². The van der Waals surface area contributed by atoms with E-state index < -0.39 is 0 Å². The molecule has 0 amide bonds. The third-order valence-corrected chi connectivity index (χ3v) is 3.80. The second-order valence-electron chi connectivity index (χ2n) is 4.63. The predicted octanol–water partition coefficient (Wildman–Crippen LogP) is 3.57. The van der Waals surface area contributed by atoms with Gasteiger partial charge in [0.2, 0.25) is 0 Å². The first-order valence-electron chi connectivity index (χ1n) is 6.31. The molecule has 0 atom stereocenters. The van der Waals surface area contributed by atoms with Gasteiger partial charge < -0.3 is 5.32 Å². The van der Waals surface area contributed by atoms with E-state index in [9.17, 15) is 0 Å². The number of hydrogen-bond acceptors (Lipinski definition) is 4. The molecule has 0 aliphatic carbocycles. The number of anilines is 1. The van der Waals surface area contributed by atoms with E-state index in [1.54, 1.807) is 6.20 Å². The topological polar surface area (TPSA) is 37.8 Å². The van der Waals surface area contributed by atoms with Crippen LogP contribution in [0.25, 0.3) is 0 Å². The highest BCUT2D eigenvalue weighted by Gasteiger charge is 2.00. The fourth-order valence-electron chi connectivity index (χ4n) is 1.98. The molecule has 0 spiro atoms. The highest BCUT2D eigenvalue weighted by Crippen LogP contribution is 2.18. The minimum Gasteiger partial charge on any atom is -0.372 e. The molecular formula is C15H19N3S. The van der Waals surface area contributed by atoms with E-state index in [0.29, 0.717) is 0 Å². The summed E-state index contributed by atoms with van der Waals surface area (Å²) in [6.07, 6.45) is 3.60. The van der Waals surface area contributed by atoms with Crippen LogP contribution >= 0.6 is 11.8 Å². The van der Waals surface area contributed by atoms with Crippen molar-refractivity contribution in [2.75, 3.05) is 12.4 Å². The average molecular weight is 273 g/mol. The van der Waals surface area contributed by atoms with Crippen LogP contribution < -0.4 is 5.32 Å². The number of thioether (sulfide) groups is 1. The van der Waals surface area contributed by atoms with Crippen LogP contribution in [-0.4, -0.2) is 17.0 Å². The molecule has 0 radical (unpaired) electrons. The molecule has 19 heavy (non-hydrogen) atoms. The highest BCUT2D eigenvalue weighted by molar-refractivity contribution is 7.97. The van der Waals surface area contributed by atoms with Crippen LogP contribution in [0.4, 0.5) is 5.82 Å². The van der Waals surface area contributed by atoms with Crippen LogP contribution in [0.3, 0.4) is 0 Å². The average Bonchev–Trinajstić information content (AvgIpc) is 2.38. The van der Waals surface area contributed by atoms with Crippen molar-refractivity contribution in [2.45, 2.75) is 25.4 Å². The van der Waals surface area contributed by atoms with Crippen LogP contribution in [0.5, 0.6) is 0 Å². The predicted molar refractivity (Wildman–Crippen MR) is 82.5 cm³/mol. The maximum atomic E-state index is 4.37. The van der Waals surface area contributed by atoms with Crippen molar-refractivity contribution >= 4 is 17.6 Å². The second kappa shape index (κ2) is 6.57. The molecule has 0 aliphatic heterocycles. The molecule has 1 aromatic heterocycles. The minimum absolute atomic E-state index is 0.808. The molecule has 0 saturated heterocycles. The van der Waals surface area contributed by atoms with Crippen LogP contribution in [0.2, 0.25) is 0 Å². The summed E-state index contributed by atoms with van der Waals surface area (Å²) in [5.41, 5.74) is 5.05. The molecule has 0 aliphatic rings. The first-order valence-corrected chi connectivity index (χ1v) is 7.46.